The Morgan fingerprint density at radius 3 is 2.62 bits per heavy atom. The molecule has 0 spiro atoms. The molecule has 2 amide bonds. The molecular formula is C21H22N2O2S. The van der Waals surface area contributed by atoms with E-state index in [0.717, 1.165) is 29.0 Å². The highest BCUT2D eigenvalue weighted by Gasteiger charge is 2.33. The summed E-state index contributed by atoms with van der Waals surface area (Å²) in [5.74, 6) is 0.0274. The lowest BCUT2D eigenvalue weighted by Crippen LogP contribution is -2.33. The van der Waals surface area contributed by atoms with Gasteiger partial charge in [-0.05, 0) is 50.5 Å². The van der Waals surface area contributed by atoms with Crippen LogP contribution in [0.25, 0.3) is 0 Å². The van der Waals surface area contributed by atoms with Gasteiger partial charge in [-0.15, -0.1) is 11.8 Å². The third-order valence-electron chi connectivity index (χ3n) is 4.88. The first-order valence-electron chi connectivity index (χ1n) is 8.99. The second-order valence-corrected chi connectivity index (χ2v) is 8.49. The summed E-state index contributed by atoms with van der Waals surface area (Å²) in [6, 6.07) is 14.3. The molecule has 26 heavy (non-hydrogen) atoms. The van der Waals surface area contributed by atoms with Crippen molar-refractivity contribution in [3.05, 3.63) is 59.2 Å². The molecule has 4 rings (SSSR count). The first-order valence-corrected chi connectivity index (χ1v) is 9.87. The van der Waals surface area contributed by atoms with Gasteiger partial charge in [-0.2, -0.15) is 0 Å². The highest BCUT2D eigenvalue weighted by atomic mass is 32.2. The molecule has 2 aromatic carbocycles. The molecule has 2 aromatic rings. The molecule has 2 aliphatic rings. The topological polar surface area (TPSA) is 49.4 Å². The van der Waals surface area contributed by atoms with Gasteiger partial charge in [0.05, 0.1) is 10.9 Å². The maximum atomic E-state index is 13.1. The molecule has 0 radical (unpaired) electrons. The first-order chi connectivity index (χ1) is 12.5. The average molecular weight is 366 g/mol. The number of hydrogen-bond donors (Lipinski definition) is 1. The first kappa shape index (κ1) is 17.2. The number of nitrogens with one attached hydrogen (secondary N) is 1. The molecule has 134 valence electrons. The third kappa shape index (κ3) is 3.49. The number of benzene rings is 2. The number of anilines is 1. The van der Waals surface area contributed by atoms with Crippen LogP contribution in [0.15, 0.2) is 47.4 Å². The van der Waals surface area contributed by atoms with E-state index >= 15 is 0 Å². The van der Waals surface area contributed by atoms with Gasteiger partial charge in [0.25, 0.3) is 5.91 Å². The highest BCUT2D eigenvalue weighted by Crippen LogP contribution is 2.37. The van der Waals surface area contributed by atoms with Crippen molar-refractivity contribution in [2.24, 2.45) is 0 Å². The summed E-state index contributed by atoms with van der Waals surface area (Å²) >= 11 is 1.53. The van der Waals surface area contributed by atoms with Gasteiger partial charge in [0.2, 0.25) is 5.91 Å². The van der Waals surface area contributed by atoms with Crippen molar-refractivity contribution in [1.82, 2.24) is 4.90 Å². The van der Waals surface area contributed by atoms with Crippen molar-refractivity contribution in [2.75, 3.05) is 5.32 Å². The number of thioether (sulfide) groups is 1. The molecule has 0 saturated heterocycles. The Morgan fingerprint density at radius 1 is 1.19 bits per heavy atom. The van der Waals surface area contributed by atoms with E-state index in [4.69, 9.17) is 0 Å². The second kappa shape index (κ2) is 6.80. The maximum Gasteiger partial charge on any atom is 0.254 e. The summed E-state index contributed by atoms with van der Waals surface area (Å²) in [6.45, 7) is 4.57. The summed E-state index contributed by atoms with van der Waals surface area (Å²) in [5, 5.41) is 2.81. The molecular weight excluding hydrogens is 344 g/mol. The zero-order valence-electron chi connectivity index (χ0n) is 15.0. The largest absolute Gasteiger partial charge is 0.331 e. The summed E-state index contributed by atoms with van der Waals surface area (Å²) < 4.78 is 0. The minimum atomic E-state index is -0.103. The van der Waals surface area contributed by atoms with Crippen LogP contribution >= 0.6 is 11.8 Å². The molecule has 1 aliphatic carbocycles. The average Bonchev–Trinajstić information content (AvgIpc) is 3.46. The maximum absolute atomic E-state index is 13.1. The highest BCUT2D eigenvalue weighted by molar-refractivity contribution is 8.00. The van der Waals surface area contributed by atoms with Crippen molar-refractivity contribution in [2.45, 2.75) is 49.4 Å². The number of carbonyl (C=O) groups is 2. The predicted octanol–water partition coefficient (Wildman–Crippen LogP) is 4.23. The number of carbonyl (C=O) groups excluding carboxylic acids is 2. The quantitative estimate of drug-likeness (QED) is 0.881. The van der Waals surface area contributed by atoms with Crippen LogP contribution in [0.5, 0.6) is 0 Å². The molecule has 1 heterocycles. The van der Waals surface area contributed by atoms with E-state index in [0.29, 0.717) is 18.2 Å². The standard InChI is InChI=1S/C21H22N2O2S/c1-13-3-5-15(6-4-13)12-23(17-8-9-17)21(25)16-7-10-19-18(11-16)22-20(24)14(2)26-19/h3-7,10-11,14,17H,8-9,12H2,1-2H3,(H,22,24)/t14-/m0/s1. The molecule has 0 aromatic heterocycles. The van der Waals surface area contributed by atoms with Gasteiger partial charge in [-0.25, -0.2) is 0 Å². The Bertz CT molecular complexity index is 859. The summed E-state index contributed by atoms with van der Waals surface area (Å²) in [5.41, 5.74) is 3.75. The van der Waals surface area contributed by atoms with Crippen molar-refractivity contribution in [1.29, 1.82) is 0 Å². The van der Waals surface area contributed by atoms with Crippen molar-refractivity contribution in [3.8, 4) is 0 Å². The van der Waals surface area contributed by atoms with Crippen LogP contribution in [-0.2, 0) is 11.3 Å². The second-order valence-electron chi connectivity index (χ2n) is 7.11. The molecule has 1 fully saturated rings. The van der Waals surface area contributed by atoms with E-state index in [1.807, 2.05) is 30.0 Å². The molecule has 4 nitrogen and oxygen atoms in total. The number of aryl methyl sites for hydroxylation is 1. The van der Waals surface area contributed by atoms with Crippen molar-refractivity contribution >= 4 is 29.3 Å². The lowest BCUT2D eigenvalue weighted by molar-refractivity contribution is -0.115. The van der Waals surface area contributed by atoms with Crippen LogP contribution < -0.4 is 5.32 Å². The summed E-state index contributed by atoms with van der Waals surface area (Å²) in [7, 11) is 0. The fourth-order valence-corrected chi connectivity index (χ4v) is 4.08. The van der Waals surface area contributed by atoms with E-state index < -0.39 is 0 Å². The minimum absolute atomic E-state index is 0.00852. The van der Waals surface area contributed by atoms with E-state index in [2.05, 4.69) is 36.5 Å². The van der Waals surface area contributed by atoms with Crippen LogP contribution in [-0.4, -0.2) is 28.0 Å². The Hall–Kier alpha value is -2.27. The third-order valence-corrected chi connectivity index (χ3v) is 6.06. The Labute approximate surface area is 158 Å². The van der Waals surface area contributed by atoms with Crippen LogP contribution in [0, 0.1) is 6.92 Å². The van der Waals surface area contributed by atoms with Gasteiger partial charge < -0.3 is 10.2 Å². The van der Waals surface area contributed by atoms with Crippen LogP contribution in [0.3, 0.4) is 0 Å². The van der Waals surface area contributed by atoms with E-state index in [-0.39, 0.29) is 17.1 Å². The molecule has 1 aliphatic heterocycles. The van der Waals surface area contributed by atoms with Crippen LogP contribution in [0.2, 0.25) is 0 Å². The fraction of sp³-hybridized carbons (Fsp3) is 0.333. The molecule has 5 heteroatoms. The lowest BCUT2D eigenvalue weighted by atomic mass is 10.1. The Morgan fingerprint density at radius 2 is 1.92 bits per heavy atom. The molecule has 0 bridgehead atoms. The molecule has 1 atom stereocenters. The SMILES string of the molecule is Cc1ccc(CN(C(=O)c2ccc3c(c2)NC(=O)[C@H](C)S3)C2CC2)cc1. The van der Waals surface area contributed by atoms with Crippen LogP contribution in [0.1, 0.15) is 41.3 Å². The monoisotopic (exact) mass is 366 g/mol. The van der Waals surface area contributed by atoms with Crippen molar-refractivity contribution < 1.29 is 9.59 Å². The lowest BCUT2D eigenvalue weighted by Gasteiger charge is -2.25. The summed E-state index contributed by atoms with van der Waals surface area (Å²) in [6.07, 6.45) is 2.12. The van der Waals surface area contributed by atoms with Gasteiger partial charge in [-0.3, -0.25) is 9.59 Å². The minimum Gasteiger partial charge on any atom is -0.331 e. The van der Waals surface area contributed by atoms with E-state index in [1.165, 1.54) is 17.3 Å². The van der Waals surface area contributed by atoms with Gasteiger partial charge in [0, 0.05) is 23.0 Å². The number of hydrogen-bond acceptors (Lipinski definition) is 3. The van der Waals surface area contributed by atoms with Gasteiger partial charge in [0.1, 0.15) is 0 Å². The zero-order valence-corrected chi connectivity index (χ0v) is 15.8. The smallest absolute Gasteiger partial charge is 0.254 e. The molecule has 1 N–H and O–H groups in total. The van der Waals surface area contributed by atoms with Gasteiger partial charge in [-0.1, -0.05) is 29.8 Å². The molecule has 0 unspecified atom stereocenters. The molecule has 1 saturated carbocycles. The Kier molecular flexibility index (Phi) is 4.49. The number of amides is 2. The van der Waals surface area contributed by atoms with Crippen LogP contribution in [0.4, 0.5) is 5.69 Å². The number of fused-ring (bicyclic) bond motifs is 1. The van der Waals surface area contributed by atoms with E-state index in [9.17, 15) is 9.59 Å². The number of nitrogens with zero attached hydrogens (tertiary/aromatic N) is 1. The van der Waals surface area contributed by atoms with Crippen molar-refractivity contribution in [3.63, 3.8) is 0 Å². The van der Waals surface area contributed by atoms with Gasteiger partial charge >= 0.3 is 0 Å². The van der Waals surface area contributed by atoms with Gasteiger partial charge in [0.15, 0.2) is 0 Å². The van der Waals surface area contributed by atoms with E-state index in [1.54, 1.807) is 0 Å². The number of rotatable bonds is 4. The fourth-order valence-electron chi connectivity index (χ4n) is 3.15. The normalized spacial score (nSPS) is 18.8. The Balaban J connectivity index is 1.57. The predicted molar refractivity (Wildman–Crippen MR) is 104 cm³/mol. The summed E-state index contributed by atoms with van der Waals surface area (Å²) in [4.78, 5) is 28.1. The zero-order chi connectivity index (χ0) is 18.3.